The van der Waals surface area contributed by atoms with E-state index in [9.17, 15) is 24.6 Å². The third kappa shape index (κ3) is 5.85. The van der Waals surface area contributed by atoms with Gasteiger partial charge in [0.1, 0.15) is 0 Å². The van der Waals surface area contributed by atoms with Crippen molar-refractivity contribution in [3.8, 4) is 0 Å². The van der Waals surface area contributed by atoms with Crippen LogP contribution in [0.3, 0.4) is 0 Å². The number of hydrazine groups is 1. The number of rotatable bonds is 9. The van der Waals surface area contributed by atoms with E-state index in [2.05, 4.69) is 0 Å². The Morgan fingerprint density at radius 3 is 2.46 bits per heavy atom. The van der Waals surface area contributed by atoms with E-state index in [-0.39, 0.29) is 19.6 Å². The molecule has 0 spiro atoms. The Labute approximate surface area is 163 Å². The second kappa shape index (κ2) is 10.5. The first-order chi connectivity index (χ1) is 13.4. The fourth-order valence-electron chi connectivity index (χ4n) is 3.38. The zero-order valence-electron chi connectivity index (χ0n) is 15.8. The quantitative estimate of drug-likeness (QED) is 0.488. The second-order valence-electron chi connectivity index (χ2n) is 6.51. The molecule has 28 heavy (non-hydrogen) atoms. The first-order valence-electron chi connectivity index (χ1n) is 9.23. The van der Waals surface area contributed by atoms with Crippen molar-refractivity contribution in [2.75, 3.05) is 19.8 Å². The van der Waals surface area contributed by atoms with Gasteiger partial charge < -0.3 is 19.7 Å². The van der Waals surface area contributed by atoms with Crippen LogP contribution >= 0.6 is 0 Å². The molecule has 9 nitrogen and oxygen atoms in total. The third-order valence-corrected chi connectivity index (χ3v) is 4.58. The van der Waals surface area contributed by atoms with E-state index in [4.69, 9.17) is 9.47 Å². The topological polar surface area (TPSA) is 117 Å². The number of hydrogen-bond acceptors (Lipinski definition) is 5. The molecule has 154 valence electrons. The first kappa shape index (κ1) is 21.5. The van der Waals surface area contributed by atoms with Crippen LogP contribution in [0, 0.1) is 5.92 Å². The Kier molecular flexibility index (Phi) is 8.06. The average molecular weight is 394 g/mol. The summed E-state index contributed by atoms with van der Waals surface area (Å²) < 4.78 is 10.6. The van der Waals surface area contributed by atoms with Crippen LogP contribution in [0.4, 0.5) is 9.59 Å². The summed E-state index contributed by atoms with van der Waals surface area (Å²) in [6, 6.07) is 9.03. The number of carbonyl (C=O) groups excluding carboxylic acids is 1. The van der Waals surface area contributed by atoms with Crippen molar-refractivity contribution >= 4 is 18.2 Å². The molecule has 0 aromatic heterocycles. The largest absolute Gasteiger partial charge is 0.466 e. The summed E-state index contributed by atoms with van der Waals surface area (Å²) in [6.07, 6.45) is -1.83. The monoisotopic (exact) mass is 394 g/mol. The highest BCUT2D eigenvalue weighted by Gasteiger charge is 2.45. The van der Waals surface area contributed by atoms with Gasteiger partial charge in [0.2, 0.25) is 0 Å². The molecule has 2 atom stereocenters. The van der Waals surface area contributed by atoms with Crippen LogP contribution in [0.25, 0.3) is 0 Å². The van der Waals surface area contributed by atoms with E-state index >= 15 is 0 Å². The molecular weight excluding hydrogens is 368 g/mol. The van der Waals surface area contributed by atoms with Gasteiger partial charge in [-0.3, -0.25) is 4.79 Å². The van der Waals surface area contributed by atoms with E-state index in [1.165, 1.54) is 0 Å². The van der Waals surface area contributed by atoms with Crippen LogP contribution in [0.2, 0.25) is 0 Å². The van der Waals surface area contributed by atoms with Gasteiger partial charge in [0, 0.05) is 12.5 Å². The summed E-state index contributed by atoms with van der Waals surface area (Å²) >= 11 is 0. The Morgan fingerprint density at radius 1 is 1.14 bits per heavy atom. The fourth-order valence-corrected chi connectivity index (χ4v) is 3.38. The smallest absolute Gasteiger partial charge is 0.426 e. The number of hydrogen-bond donors (Lipinski definition) is 2. The molecule has 0 unspecified atom stereocenters. The summed E-state index contributed by atoms with van der Waals surface area (Å²) in [5.41, 5.74) is 1.03. The molecule has 0 saturated carbocycles. The number of benzene rings is 1. The van der Waals surface area contributed by atoms with E-state index in [0.29, 0.717) is 26.1 Å². The van der Waals surface area contributed by atoms with Crippen molar-refractivity contribution in [3.05, 3.63) is 35.9 Å². The lowest BCUT2D eigenvalue weighted by molar-refractivity contribution is -0.144. The summed E-state index contributed by atoms with van der Waals surface area (Å²) in [4.78, 5) is 34.9. The van der Waals surface area contributed by atoms with E-state index in [1.807, 2.05) is 30.3 Å². The molecule has 9 heteroatoms. The van der Waals surface area contributed by atoms with Crippen molar-refractivity contribution < 1.29 is 34.1 Å². The minimum absolute atomic E-state index is 0.0308. The molecule has 1 aromatic carbocycles. The van der Waals surface area contributed by atoms with Gasteiger partial charge in [-0.25, -0.2) is 19.6 Å². The predicted octanol–water partition coefficient (Wildman–Crippen LogP) is 2.81. The molecule has 0 aliphatic carbocycles. The van der Waals surface area contributed by atoms with Gasteiger partial charge in [0.15, 0.2) is 0 Å². The number of carbonyl (C=O) groups is 3. The second-order valence-corrected chi connectivity index (χ2v) is 6.51. The van der Waals surface area contributed by atoms with Crippen molar-refractivity contribution in [2.24, 2.45) is 5.92 Å². The fraction of sp³-hybridized carbons (Fsp3) is 0.526. The minimum atomic E-state index is -1.36. The average Bonchev–Trinajstić information content (AvgIpc) is 3.01. The SMILES string of the molecule is CCOC(=O)C[C@H]1CN(C(=O)O)N(C(=O)O)[C@@H]1CCCOCc1ccccc1. The summed E-state index contributed by atoms with van der Waals surface area (Å²) in [6.45, 7) is 2.69. The molecule has 1 heterocycles. The zero-order chi connectivity index (χ0) is 20.5. The molecule has 0 bridgehead atoms. The van der Waals surface area contributed by atoms with Gasteiger partial charge in [-0.15, -0.1) is 0 Å². The molecule has 1 aliphatic heterocycles. The van der Waals surface area contributed by atoms with Gasteiger partial charge in [-0.1, -0.05) is 30.3 Å². The van der Waals surface area contributed by atoms with Gasteiger partial charge in [0.25, 0.3) is 0 Å². The highest BCUT2D eigenvalue weighted by molar-refractivity contribution is 5.74. The maximum atomic E-state index is 11.9. The summed E-state index contributed by atoms with van der Waals surface area (Å²) in [5, 5.41) is 20.4. The summed E-state index contributed by atoms with van der Waals surface area (Å²) in [5.74, 6) is -0.921. The molecular formula is C19H26N2O7. The van der Waals surface area contributed by atoms with Crippen LogP contribution < -0.4 is 0 Å². The highest BCUT2D eigenvalue weighted by atomic mass is 16.5. The molecule has 1 aliphatic rings. The lowest BCUT2D eigenvalue weighted by Crippen LogP contribution is -2.47. The molecule has 2 rings (SSSR count). The van der Waals surface area contributed by atoms with Gasteiger partial charge in [-0.2, -0.15) is 0 Å². The van der Waals surface area contributed by atoms with Crippen LogP contribution in [0.5, 0.6) is 0 Å². The van der Waals surface area contributed by atoms with Crippen molar-refractivity contribution in [2.45, 2.75) is 38.8 Å². The van der Waals surface area contributed by atoms with Crippen LogP contribution in [0.15, 0.2) is 30.3 Å². The minimum Gasteiger partial charge on any atom is -0.466 e. The van der Waals surface area contributed by atoms with Gasteiger partial charge in [-0.05, 0) is 25.3 Å². The molecule has 0 radical (unpaired) electrons. The number of amides is 2. The number of esters is 1. The maximum absolute atomic E-state index is 11.9. The van der Waals surface area contributed by atoms with Gasteiger partial charge >= 0.3 is 18.2 Å². The molecule has 1 fully saturated rings. The maximum Gasteiger partial charge on any atom is 0.426 e. The lowest BCUT2D eigenvalue weighted by atomic mass is 9.94. The van der Waals surface area contributed by atoms with E-state index in [1.54, 1.807) is 6.92 Å². The van der Waals surface area contributed by atoms with Crippen molar-refractivity contribution in [1.82, 2.24) is 10.0 Å². The number of ether oxygens (including phenoxy) is 2. The predicted molar refractivity (Wildman–Crippen MR) is 98.5 cm³/mol. The Bertz CT molecular complexity index is 668. The van der Waals surface area contributed by atoms with E-state index in [0.717, 1.165) is 15.6 Å². The first-order valence-corrected chi connectivity index (χ1v) is 9.23. The third-order valence-electron chi connectivity index (χ3n) is 4.58. The van der Waals surface area contributed by atoms with Crippen molar-refractivity contribution in [3.63, 3.8) is 0 Å². The Balaban J connectivity index is 1.94. The Hall–Kier alpha value is -2.81. The van der Waals surface area contributed by atoms with E-state index < -0.39 is 30.1 Å². The number of carboxylic acid groups (broad SMARTS) is 2. The molecule has 2 N–H and O–H groups in total. The normalized spacial score (nSPS) is 18.9. The lowest BCUT2D eigenvalue weighted by Gasteiger charge is -2.28. The van der Waals surface area contributed by atoms with Gasteiger partial charge in [0.05, 0.1) is 32.2 Å². The molecule has 1 saturated heterocycles. The van der Waals surface area contributed by atoms with Crippen LogP contribution in [0.1, 0.15) is 31.7 Å². The highest BCUT2D eigenvalue weighted by Crippen LogP contribution is 2.30. The standard InChI is InChI=1S/C19H26N2O7/c1-2-28-17(22)11-15-12-20(18(23)24)21(19(25)26)16(15)9-6-10-27-13-14-7-4-3-5-8-14/h3-5,7-8,15-16H,2,6,9-13H2,1H3,(H,23,24)(H,25,26)/t15-,16+/m0/s1. The zero-order valence-corrected chi connectivity index (χ0v) is 15.8. The van der Waals surface area contributed by atoms with Crippen molar-refractivity contribution in [1.29, 1.82) is 0 Å². The van der Waals surface area contributed by atoms with Crippen LogP contribution in [-0.2, 0) is 20.9 Å². The van der Waals surface area contributed by atoms with Crippen LogP contribution in [-0.4, -0.2) is 64.2 Å². The molecule has 1 aromatic rings. The molecule has 2 amide bonds. The summed E-state index contributed by atoms with van der Waals surface area (Å²) in [7, 11) is 0. The Morgan fingerprint density at radius 2 is 1.86 bits per heavy atom. The number of nitrogens with zero attached hydrogens (tertiary/aromatic N) is 2.